The van der Waals surface area contributed by atoms with Gasteiger partial charge in [0, 0.05) is 18.4 Å². The Kier molecular flexibility index (Phi) is 3.67. The molecule has 2 rings (SSSR count). The van der Waals surface area contributed by atoms with Crippen LogP contribution in [0.25, 0.3) is 0 Å². The monoisotopic (exact) mass is 241 g/mol. The number of para-hydroxylation sites is 1. The van der Waals surface area contributed by atoms with Crippen LogP contribution in [0.2, 0.25) is 0 Å². The fourth-order valence-electron chi connectivity index (χ4n) is 1.80. The lowest BCUT2D eigenvalue weighted by Crippen LogP contribution is -2.31. The Morgan fingerprint density at radius 3 is 2.61 bits per heavy atom. The molecule has 0 N–H and O–H groups in total. The Labute approximate surface area is 106 Å². The minimum atomic E-state index is -0.0678. The molecule has 4 nitrogen and oxygen atoms in total. The highest BCUT2D eigenvalue weighted by atomic mass is 16.2. The van der Waals surface area contributed by atoms with Crippen molar-refractivity contribution in [3.8, 4) is 0 Å². The lowest BCUT2D eigenvalue weighted by atomic mass is 10.2. The summed E-state index contributed by atoms with van der Waals surface area (Å²) in [5.74, 6) is -0.0678. The van der Waals surface area contributed by atoms with Crippen molar-refractivity contribution in [2.75, 3.05) is 11.4 Å². The molecular formula is C14H15N3O. The van der Waals surface area contributed by atoms with Crippen LogP contribution in [0.15, 0.2) is 42.9 Å². The number of aryl methyl sites for hydroxylation is 1. The molecule has 92 valence electrons. The van der Waals surface area contributed by atoms with Crippen LogP contribution in [0, 0.1) is 6.92 Å². The Bertz CT molecular complexity index is 540. The maximum absolute atomic E-state index is 12.4. The maximum Gasteiger partial charge on any atom is 0.261 e. The van der Waals surface area contributed by atoms with Crippen molar-refractivity contribution in [1.29, 1.82) is 0 Å². The molecule has 0 radical (unpaired) electrons. The fourth-order valence-corrected chi connectivity index (χ4v) is 1.80. The first-order chi connectivity index (χ1) is 8.74. The minimum Gasteiger partial charge on any atom is -0.309 e. The molecule has 0 atom stereocenters. The third-order valence-electron chi connectivity index (χ3n) is 2.77. The minimum absolute atomic E-state index is 0.0678. The quantitative estimate of drug-likeness (QED) is 0.829. The number of carbonyl (C=O) groups is 1. The van der Waals surface area contributed by atoms with E-state index in [9.17, 15) is 4.79 Å². The predicted octanol–water partition coefficient (Wildman–Crippen LogP) is 2.45. The normalized spacial score (nSPS) is 10.1. The zero-order valence-corrected chi connectivity index (χ0v) is 10.5. The van der Waals surface area contributed by atoms with Crippen LogP contribution >= 0.6 is 0 Å². The first-order valence-corrected chi connectivity index (χ1v) is 5.87. The van der Waals surface area contributed by atoms with Gasteiger partial charge in [-0.3, -0.25) is 4.79 Å². The summed E-state index contributed by atoms with van der Waals surface area (Å²) >= 11 is 0. The van der Waals surface area contributed by atoms with Gasteiger partial charge in [-0.2, -0.15) is 0 Å². The van der Waals surface area contributed by atoms with E-state index < -0.39 is 0 Å². The molecule has 0 spiro atoms. The van der Waals surface area contributed by atoms with E-state index >= 15 is 0 Å². The van der Waals surface area contributed by atoms with E-state index in [4.69, 9.17) is 0 Å². The summed E-state index contributed by atoms with van der Waals surface area (Å²) in [4.78, 5) is 22.1. The molecule has 0 bridgehead atoms. The molecular weight excluding hydrogens is 226 g/mol. The van der Waals surface area contributed by atoms with Gasteiger partial charge in [-0.25, -0.2) is 9.97 Å². The molecule has 0 aliphatic carbocycles. The lowest BCUT2D eigenvalue weighted by Gasteiger charge is -2.21. The number of rotatable bonds is 3. The van der Waals surface area contributed by atoms with E-state index in [0.29, 0.717) is 17.8 Å². The smallest absolute Gasteiger partial charge is 0.261 e. The van der Waals surface area contributed by atoms with Gasteiger partial charge in [-0.05, 0) is 26.0 Å². The van der Waals surface area contributed by atoms with Gasteiger partial charge < -0.3 is 4.90 Å². The van der Waals surface area contributed by atoms with Crippen LogP contribution < -0.4 is 4.90 Å². The average Bonchev–Trinajstić information content (AvgIpc) is 2.41. The second-order valence-electron chi connectivity index (χ2n) is 3.91. The van der Waals surface area contributed by atoms with E-state index in [-0.39, 0.29) is 5.91 Å². The van der Waals surface area contributed by atoms with Crippen LogP contribution in [-0.2, 0) is 0 Å². The van der Waals surface area contributed by atoms with E-state index in [2.05, 4.69) is 9.97 Å². The zero-order valence-electron chi connectivity index (χ0n) is 10.5. The average molecular weight is 241 g/mol. The first kappa shape index (κ1) is 12.2. The molecule has 4 heteroatoms. The van der Waals surface area contributed by atoms with E-state index in [1.807, 2.05) is 44.2 Å². The number of hydrogen-bond acceptors (Lipinski definition) is 3. The van der Waals surface area contributed by atoms with Gasteiger partial charge in [0.1, 0.15) is 6.33 Å². The third-order valence-corrected chi connectivity index (χ3v) is 2.77. The summed E-state index contributed by atoms with van der Waals surface area (Å²) in [6.45, 7) is 4.37. The van der Waals surface area contributed by atoms with Crippen molar-refractivity contribution in [2.24, 2.45) is 0 Å². The first-order valence-electron chi connectivity index (χ1n) is 5.87. The highest BCUT2D eigenvalue weighted by Gasteiger charge is 2.18. The van der Waals surface area contributed by atoms with Crippen molar-refractivity contribution in [3.05, 3.63) is 54.1 Å². The van der Waals surface area contributed by atoms with E-state index in [0.717, 1.165) is 5.69 Å². The summed E-state index contributed by atoms with van der Waals surface area (Å²) in [7, 11) is 0. The Morgan fingerprint density at radius 1 is 1.28 bits per heavy atom. The second kappa shape index (κ2) is 5.40. The van der Waals surface area contributed by atoms with Gasteiger partial charge in [-0.15, -0.1) is 0 Å². The molecule has 18 heavy (non-hydrogen) atoms. The van der Waals surface area contributed by atoms with Gasteiger partial charge in [0.25, 0.3) is 5.91 Å². The van der Waals surface area contributed by atoms with Crippen molar-refractivity contribution < 1.29 is 4.79 Å². The molecule has 1 amide bonds. The van der Waals surface area contributed by atoms with Crippen molar-refractivity contribution in [3.63, 3.8) is 0 Å². The maximum atomic E-state index is 12.4. The zero-order chi connectivity index (χ0) is 13.0. The number of anilines is 1. The van der Waals surface area contributed by atoms with Gasteiger partial charge in [-0.1, -0.05) is 18.2 Å². The number of carbonyl (C=O) groups excluding carboxylic acids is 1. The number of benzene rings is 1. The molecule has 1 aromatic heterocycles. The SMILES string of the molecule is CCN(C(=O)c1cncnc1C)c1ccccc1. The second-order valence-corrected chi connectivity index (χ2v) is 3.91. The van der Waals surface area contributed by atoms with Crippen molar-refractivity contribution >= 4 is 11.6 Å². The number of hydrogen-bond donors (Lipinski definition) is 0. The molecule has 1 heterocycles. The van der Waals surface area contributed by atoms with Crippen LogP contribution in [-0.4, -0.2) is 22.4 Å². The molecule has 0 saturated heterocycles. The molecule has 0 fully saturated rings. The summed E-state index contributed by atoms with van der Waals surface area (Å²) in [5, 5.41) is 0. The predicted molar refractivity (Wildman–Crippen MR) is 70.6 cm³/mol. The van der Waals surface area contributed by atoms with Gasteiger partial charge in [0.15, 0.2) is 0 Å². The Morgan fingerprint density at radius 2 is 2.00 bits per heavy atom. The summed E-state index contributed by atoms with van der Waals surface area (Å²) in [6, 6.07) is 9.60. The van der Waals surface area contributed by atoms with E-state index in [1.54, 1.807) is 11.1 Å². The molecule has 1 aromatic carbocycles. The molecule has 2 aromatic rings. The van der Waals surface area contributed by atoms with Crippen LogP contribution in [0.5, 0.6) is 0 Å². The molecule has 0 unspecified atom stereocenters. The van der Waals surface area contributed by atoms with Gasteiger partial charge in [0.05, 0.1) is 11.3 Å². The third kappa shape index (κ3) is 2.37. The topological polar surface area (TPSA) is 46.1 Å². The standard InChI is InChI=1S/C14H15N3O/c1-3-17(12-7-5-4-6-8-12)14(18)13-9-15-10-16-11(13)2/h4-10H,3H2,1-2H3. The number of nitrogens with zero attached hydrogens (tertiary/aromatic N) is 3. The largest absolute Gasteiger partial charge is 0.309 e. The molecule has 0 saturated carbocycles. The Hall–Kier alpha value is -2.23. The Balaban J connectivity index is 2.35. The van der Waals surface area contributed by atoms with E-state index in [1.165, 1.54) is 6.33 Å². The lowest BCUT2D eigenvalue weighted by molar-refractivity contribution is 0.0987. The fraction of sp³-hybridized carbons (Fsp3) is 0.214. The summed E-state index contributed by atoms with van der Waals surface area (Å²) in [6.07, 6.45) is 3.02. The van der Waals surface area contributed by atoms with Crippen LogP contribution in [0.3, 0.4) is 0 Å². The van der Waals surface area contributed by atoms with Crippen LogP contribution in [0.4, 0.5) is 5.69 Å². The van der Waals surface area contributed by atoms with Crippen molar-refractivity contribution in [2.45, 2.75) is 13.8 Å². The van der Waals surface area contributed by atoms with Gasteiger partial charge in [0.2, 0.25) is 0 Å². The van der Waals surface area contributed by atoms with Crippen LogP contribution in [0.1, 0.15) is 23.0 Å². The number of aromatic nitrogens is 2. The highest BCUT2D eigenvalue weighted by Crippen LogP contribution is 2.17. The summed E-state index contributed by atoms with van der Waals surface area (Å²) < 4.78 is 0. The summed E-state index contributed by atoms with van der Waals surface area (Å²) in [5.41, 5.74) is 2.13. The molecule has 0 aliphatic rings. The highest BCUT2D eigenvalue weighted by molar-refractivity contribution is 6.06. The van der Waals surface area contributed by atoms with Gasteiger partial charge >= 0.3 is 0 Å². The molecule has 0 aliphatic heterocycles. The number of amides is 1. The van der Waals surface area contributed by atoms with Crippen molar-refractivity contribution in [1.82, 2.24) is 9.97 Å².